The van der Waals surface area contributed by atoms with E-state index in [1.807, 2.05) is 18.2 Å². The van der Waals surface area contributed by atoms with E-state index in [9.17, 15) is 9.59 Å². The SMILES string of the molecule is CON=CNC(=O)C(c1ccc(Cl)cc1)c1ccc(C(=O)c2ccccc2)cc1. The molecule has 0 saturated carbocycles. The van der Waals surface area contributed by atoms with Crippen molar-refractivity contribution in [1.29, 1.82) is 0 Å². The summed E-state index contributed by atoms with van der Waals surface area (Å²) in [6.45, 7) is 0. The van der Waals surface area contributed by atoms with Gasteiger partial charge in [-0.25, -0.2) is 0 Å². The third kappa shape index (κ3) is 5.09. The van der Waals surface area contributed by atoms with Gasteiger partial charge in [0.15, 0.2) is 5.78 Å². The maximum absolute atomic E-state index is 12.8. The highest BCUT2D eigenvalue weighted by molar-refractivity contribution is 6.30. The number of carbonyl (C=O) groups is 2. The Morgan fingerprint density at radius 2 is 1.45 bits per heavy atom. The third-order valence-corrected chi connectivity index (χ3v) is 4.62. The van der Waals surface area contributed by atoms with Crippen LogP contribution in [0.4, 0.5) is 0 Å². The molecule has 29 heavy (non-hydrogen) atoms. The van der Waals surface area contributed by atoms with Crippen molar-refractivity contribution in [3.63, 3.8) is 0 Å². The lowest BCUT2D eigenvalue weighted by Crippen LogP contribution is -2.29. The summed E-state index contributed by atoms with van der Waals surface area (Å²) in [4.78, 5) is 30.0. The van der Waals surface area contributed by atoms with Crippen LogP contribution < -0.4 is 5.32 Å². The molecule has 0 aliphatic heterocycles. The van der Waals surface area contributed by atoms with E-state index in [4.69, 9.17) is 11.6 Å². The van der Waals surface area contributed by atoms with Crippen LogP contribution in [0.25, 0.3) is 0 Å². The second kappa shape index (κ2) is 9.66. The molecule has 3 aromatic rings. The van der Waals surface area contributed by atoms with Gasteiger partial charge < -0.3 is 10.2 Å². The standard InChI is InChI=1S/C23H19ClN2O3/c1-29-26-15-25-23(28)21(17-11-13-20(24)14-12-17)16-7-9-19(10-8-16)22(27)18-5-3-2-4-6-18/h2-15,21H,1H3,(H,25,26,28). The van der Waals surface area contributed by atoms with Gasteiger partial charge in [0.1, 0.15) is 13.4 Å². The Bertz CT molecular complexity index is 1000. The number of hydrogen-bond acceptors (Lipinski definition) is 4. The lowest BCUT2D eigenvalue weighted by molar-refractivity contribution is -0.120. The van der Waals surface area contributed by atoms with Crippen molar-refractivity contribution < 1.29 is 14.4 Å². The Balaban J connectivity index is 1.91. The first-order chi connectivity index (χ1) is 14.1. The molecule has 3 rings (SSSR count). The third-order valence-electron chi connectivity index (χ3n) is 4.37. The number of amides is 1. The zero-order chi connectivity index (χ0) is 20.6. The van der Waals surface area contributed by atoms with E-state index in [1.54, 1.807) is 60.7 Å². The summed E-state index contributed by atoms with van der Waals surface area (Å²) in [7, 11) is 1.39. The second-order valence-electron chi connectivity index (χ2n) is 6.23. The smallest absolute Gasteiger partial charge is 0.237 e. The lowest BCUT2D eigenvalue weighted by atomic mass is 9.89. The Morgan fingerprint density at radius 3 is 2.03 bits per heavy atom. The second-order valence-corrected chi connectivity index (χ2v) is 6.66. The number of benzene rings is 3. The molecule has 0 spiro atoms. The maximum Gasteiger partial charge on any atom is 0.237 e. The van der Waals surface area contributed by atoms with Crippen molar-refractivity contribution in [1.82, 2.24) is 5.32 Å². The molecule has 1 N–H and O–H groups in total. The molecule has 146 valence electrons. The Labute approximate surface area is 174 Å². The van der Waals surface area contributed by atoms with E-state index in [-0.39, 0.29) is 11.7 Å². The molecule has 0 bridgehead atoms. The van der Waals surface area contributed by atoms with Gasteiger partial charge in [0.05, 0.1) is 5.92 Å². The number of hydrogen-bond donors (Lipinski definition) is 1. The predicted molar refractivity (Wildman–Crippen MR) is 113 cm³/mol. The van der Waals surface area contributed by atoms with E-state index in [1.165, 1.54) is 13.4 Å². The average molecular weight is 407 g/mol. The van der Waals surface area contributed by atoms with Gasteiger partial charge in [0, 0.05) is 16.1 Å². The van der Waals surface area contributed by atoms with Crippen LogP contribution >= 0.6 is 11.6 Å². The molecule has 0 saturated heterocycles. The Hall–Kier alpha value is -3.44. The van der Waals surface area contributed by atoms with Crippen LogP contribution in [0.1, 0.15) is 33.0 Å². The van der Waals surface area contributed by atoms with Crippen molar-refractivity contribution in [2.45, 2.75) is 5.92 Å². The quantitative estimate of drug-likeness (QED) is 0.273. The first kappa shape index (κ1) is 20.3. The highest BCUT2D eigenvalue weighted by Crippen LogP contribution is 2.27. The van der Waals surface area contributed by atoms with Gasteiger partial charge in [-0.1, -0.05) is 83.5 Å². The number of halogens is 1. The fourth-order valence-electron chi connectivity index (χ4n) is 2.96. The highest BCUT2D eigenvalue weighted by Gasteiger charge is 2.23. The monoisotopic (exact) mass is 406 g/mol. The van der Waals surface area contributed by atoms with Crippen LogP contribution in [0, 0.1) is 0 Å². The van der Waals surface area contributed by atoms with E-state index in [0.717, 1.165) is 11.1 Å². The molecule has 3 aromatic carbocycles. The first-order valence-corrected chi connectivity index (χ1v) is 9.28. The molecule has 5 nitrogen and oxygen atoms in total. The zero-order valence-electron chi connectivity index (χ0n) is 15.7. The molecular formula is C23H19ClN2O3. The van der Waals surface area contributed by atoms with Crippen LogP contribution in [0.15, 0.2) is 84.0 Å². The number of nitrogens with one attached hydrogen (secondary N) is 1. The van der Waals surface area contributed by atoms with Gasteiger partial charge in [0.25, 0.3) is 0 Å². The summed E-state index contributed by atoms with van der Waals surface area (Å²) in [5.74, 6) is -0.955. The van der Waals surface area contributed by atoms with Crippen LogP contribution in [-0.2, 0) is 9.63 Å². The number of oxime groups is 1. The summed E-state index contributed by atoms with van der Waals surface area (Å²) >= 11 is 5.98. The first-order valence-electron chi connectivity index (χ1n) is 8.90. The number of ketones is 1. The van der Waals surface area contributed by atoms with Gasteiger partial charge in [-0.3, -0.25) is 9.59 Å². The number of rotatable bonds is 7. The van der Waals surface area contributed by atoms with E-state index >= 15 is 0 Å². The fourth-order valence-corrected chi connectivity index (χ4v) is 3.09. The minimum absolute atomic E-state index is 0.0723. The van der Waals surface area contributed by atoms with E-state index in [2.05, 4.69) is 15.3 Å². The number of carbonyl (C=O) groups excluding carboxylic acids is 2. The van der Waals surface area contributed by atoms with Gasteiger partial charge >= 0.3 is 0 Å². The predicted octanol–water partition coefficient (Wildman–Crippen LogP) is 4.41. The summed E-state index contributed by atoms with van der Waals surface area (Å²) in [6.07, 6.45) is 1.19. The summed E-state index contributed by atoms with van der Waals surface area (Å²) in [5.41, 5.74) is 2.67. The molecule has 1 amide bonds. The van der Waals surface area contributed by atoms with Crippen molar-refractivity contribution in [2.24, 2.45) is 5.16 Å². The molecule has 0 fully saturated rings. The van der Waals surface area contributed by atoms with Crippen molar-refractivity contribution in [3.8, 4) is 0 Å². The van der Waals surface area contributed by atoms with Gasteiger partial charge in [-0.2, -0.15) is 0 Å². The fraction of sp³-hybridized carbons (Fsp3) is 0.0870. The normalized spacial score (nSPS) is 11.8. The van der Waals surface area contributed by atoms with Gasteiger partial charge in [0.2, 0.25) is 5.91 Å². The van der Waals surface area contributed by atoms with E-state index < -0.39 is 5.92 Å². The average Bonchev–Trinajstić information content (AvgIpc) is 2.76. The molecule has 0 aliphatic rings. The molecule has 0 aromatic heterocycles. The van der Waals surface area contributed by atoms with Crippen molar-refractivity contribution >= 4 is 29.6 Å². The summed E-state index contributed by atoms with van der Waals surface area (Å²) in [6, 6.07) is 23.1. The van der Waals surface area contributed by atoms with Crippen LogP contribution in [0.3, 0.4) is 0 Å². The molecule has 1 unspecified atom stereocenters. The molecule has 1 atom stereocenters. The minimum atomic E-state index is -0.601. The molecule has 0 heterocycles. The van der Waals surface area contributed by atoms with Gasteiger partial charge in [-0.15, -0.1) is 0 Å². The Kier molecular flexibility index (Phi) is 6.76. The lowest BCUT2D eigenvalue weighted by Gasteiger charge is -2.17. The minimum Gasteiger partial charge on any atom is -0.398 e. The summed E-state index contributed by atoms with van der Waals surface area (Å²) in [5, 5.41) is 6.73. The van der Waals surface area contributed by atoms with Gasteiger partial charge in [-0.05, 0) is 23.3 Å². The van der Waals surface area contributed by atoms with Crippen LogP contribution in [0.5, 0.6) is 0 Å². The molecule has 0 aliphatic carbocycles. The maximum atomic E-state index is 12.8. The highest BCUT2D eigenvalue weighted by atomic mass is 35.5. The zero-order valence-corrected chi connectivity index (χ0v) is 16.5. The number of nitrogens with zero attached hydrogens (tertiary/aromatic N) is 1. The molecular weight excluding hydrogens is 388 g/mol. The summed E-state index contributed by atoms with van der Waals surface area (Å²) < 4.78 is 0. The molecule has 6 heteroatoms. The van der Waals surface area contributed by atoms with Crippen LogP contribution in [0.2, 0.25) is 5.02 Å². The topological polar surface area (TPSA) is 67.8 Å². The largest absolute Gasteiger partial charge is 0.398 e. The van der Waals surface area contributed by atoms with E-state index in [0.29, 0.717) is 16.1 Å². The molecule has 0 radical (unpaired) electrons. The van der Waals surface area contributed by atoms with Crippen molar-refractivity contribution in [2.75, 3.05) is 7.11 Å². The van der Waals surface area contributed by atoms with Crippen LogP contribution in [-0.4, -0.2) is 25.1 Å². The van der Waals surface area contributed by atoms with Crippen molar-refractivity contribution in [3.05, 3.63) is 106 Å². The Morgan fingerprint density at radius 1 is 0.897 bits per heavy atom.